The topological polar surface area (TPSA) is 127 Å². The molecule has 4 N–H and O–H groups in total. The zero-order valence-electron chi connectivity index (χ0n) is 28.3. The standard InChI is InChI=1S/C38H49N5O5/c1-38(2,3)41-36(47)32-24-42(22-26-18-28-13-16-48-37(28)39-21-26)14-15-43(32)23-30(44)19-29(17-25-9-5-4-6-10-25)35(46)40-34-31-12-8-7-11-27(31)20-33(34)45/h4-12,18,21,29-30,32-34,44-45H,13-17,19-20,22-24H2,1-3H3,(H,40,46)(H,41,47)/t29-,30+,32+,33-,34?/m1/s1. The molecule has 1 unspecified atom stereocenters. The van der Waals surface area contributed by atoms with Crippen LogP contribution in [0.5, 0.6) is 5.88 Å². The van der Waals surface area contributed by atoms with Gasteiger partial charge in [-0.25, -0.2) is 4.98 Å². The van der Waals surface area contributed by atoms with Crippen LogP contribution < -0.4 is 15.4 Å². The van der Waals surface area contributed by atoms with Crippen molar-refractivity contribution in [2.45, 2.75) is 82.8 Å². The van der Waals surface area contributed by atoms with E-state index in [1.54, 1.807) is 0 Å². The van der Waals surface area contributed by atoms with Crippen molar-refractivity contribution in [3.8, 4) is 5.88 Å². The molecule has 1 aliphatic carbocycles. The molecule has 256 valence electrons. The normalized spacial score (nSPS) is 22.3. The van der Waals surface area contributed by atoms with Crippen LogP contribution in [-0.4, -0.2) is 93.4 Å². The van der Waals surface area contributed by atoms with Crippen molar-refractivity contribution in [1.82, 2.24) is 25.4 Å². The van der Waals surface area contributed by atoms with Gasteiger partial charge < -0.3 is 25.6 Å². The van der Waals surface area contributed by atoms with Crippen LogP contribution in [0.2, 0.25) is 0 Å². The van der Waals surface area contributed by atoms with Crippen molar-refractivity contribution in [3.63, 3.8) is 0 Å². The number of carbonyl (C=O) groups excluding carboxylic acids is 2. The van der Waals surface area contributed by atoms with Crippen LogP contribution >= 0.6 is 0 Å². The number of carbonyl (C=O) groups is 2. The molecule has 2 aliphatic heterocycles. The molecule has 10 heteroatoms. The number of ether oxygens (including phenoxy) is 1. The van der Waals surface area contributed by atoms with Gasteiger partial charge in [-0.15, -0.1) is 0 Å². The molecule has 0 spiro atoms. The number of hydrogen-bond acceptors (Lipinski definition) is 8. The van der Waals surface area contributed by atoms with Crippen LogP contribution in [0.25, 0.3) is 0 Å². The SMILES string of the molecule is CC(C)(C)NC(=O)[C@@H]1CN(Cc2cnc3c(c2)CCO3)CCN1C[C@@H](O)C[C@@H](Cc1ccccc1)C(=O)NC1c2ccccc2C[C@H]1O. The first-order valence-corrected chi connectivity index (χ1v) is 17.2. The minimum absolute atomic E-state index is 0.0765. The number of aromatic nitrogens is 1. The molecule has 5 atom stereocenters. The minimum Gasteiger partial charge on any atom is -0.477 e. The maximum Gasteiger partial charge on any atom is 0.239 e. The predicted molar refractivity (Wildman–Crippen MR) is 183 cm³/mol. The lowest BCUT2D eigenvalue weighted by Crippen LogP contribution is -2.61. The second-order valence-electron chi connectivity index (χ2n) is 14.6. The predicted octanol–water partition coefficient (Wildman–Crippen LogP) is 2.80. The first-order chi connectivity index (χ1) is 23.0. The van der Waals surface area contributed by atoms with Crippen LogP contribution in [0.3, 0.4) is 0 Å². The first kappa shape index (κ1) is 34.0. The zero-order chi connectivity index (χ0) is 33.8. The molecule has 10 nitrogen and oxygen atoms in total. The highest BCUT2D eigenvalue weighted by atomic mass is 16.5. The lowest BCUT2D eigenvalue weighted by Gasteiger charge is -2.42. The molecule has 2 aromatic carbocycles. The van der Waals surface area contributed by atoms with Crippen molar-refractivity contribution < 1.29 is 24.5 Å². The molecule has 0 bridgehead atoms. The summed E-state index contributed by atoms with van der Waals surface area (Å²) in [5, 5.41) is 28.6. The Morgan fingerprint density at radius 2 is 1.81 bits per heavy atom. The highest BCUT2D eigenvalue weighted by Gasteiger charge is 2.37. The summed E-state index contributed by atoms with van der Waals surface area (Å²) in [6, 6.07) is 18.8. The Morgan fingerprint density at radius 1 is 1.04 bits per heavy atom. The number of rotatable bonds is 11. The number of aliphatic hydroxyl groups is 2. The summed E-state index contributed by atoms with van der Waals surface area (Å²) in [6.07, 6.45) is 2.34. The van der Waals surface area contributed by atoms with E-state index < -0.39 is 35.7 Å². The third-order valence-electron chi connectivity index (χ3n) is 9.57. The summed E-state index contributed by atoms with van der Waals surface area (Å²) in [6.45, 7) is 9.34. The molecule has 0 saturated carbocycles. The summed E-state index contributed by atoms with van der Waals surface area (Å²) >= 11 is 0. The number of nitrogens with one attached hydrogen (secondary N) is 2. The molecule has 48 heavy (non-hydrogen) atoms. The van der Waals surface area contributed by atoms with Gasteiger partial charge in [0.05, 0.1) is 24.9 Å². The van der Waals surface area contributed by atoms with Crippen molar-refractivity contribution >= 4 is 11.8 Å². The lowest BCUT2D eigenvalue weighted by molar-refractivity contribution is -0.132. The van der Waals surface area contributed by atoms with Gasteiger partial charge in [0.25, 0.3) is 0 Å². The second kappa shape index (κ2) is 14.7. The van der Waals surface area contributed by atoms with E-state index in [0.717, 1.165) is 40.8 Å². The molecule has 6 rings (SSSR count). The molecule has 3 aromatic rings. The van der Waals surface area contributed by atoms with Crippen molar-refractivity contribution in [2.75, 3.05) is 32.8 Å². The fourth-order valence-corrected chi connectivity index (χ4v) is 7.27. The third kappa shape index (κ3) is 8.41. The number of pyridine rings is 1. The molecule has 1 fully saturated rings. The fraction of sp³-hybridized carbons (Fsp3) is 0.500. The van der Waals surface area contributed by atoms with Crippen LogP contribution in [0.4, 0.5) is 0 Å². The summed E-state index contributed by atoms with van der Waals surface area (Å²) in [7, 11) is 0. The number of benzene rings is 2. The maximum atomic E-state index is 13.9. The number of β-amino-alcohol motifs (C(OH)–C–C–N with tert-alkyl or cyclic N) is 1. The summed E-state index contributed by atoms with van der Waals surface area (Å²) < 4.78 is 5.57. The quantitative estimate of drug-likeness (QED) is 0.249. The first-order valence-electron chi connectivity index (χ1n) is 17.2. The number of piperazine rings is 1. The van der Waals surface area contributed by atoms with E-state index in [1.807, 2.05) is 81.6 Å². The highest BCUT2D eigenvalue weighted by Crippen LogP contribution is 2.32. The van der Waals surface area contributed by atoms with Crippen LogP contribution in [-0.2, 0) is 35.4 Å². The zero-order valence-corrected chi connectivity index (χ0v) is 28.3. The smallest absolute Gasteiger partial charge is 0.239 e. The number of aliphatic hydroxyl groups excluding tert-OH is 2. The Balaban J connectivity index is 1.14. The van der Waals surface area contributed by atoms with E-state index >= 15 is 0 Å². The Kier molecular flexibility index (Phi) is 10.5. The van der Waals surface area contributed by atoms with Crippen molar-refractivity contribution in [2.24, 2.45) is 5.92 Å². The highest BCUT2D eigenvalue weighted by molar-refractivity contribution is 5.83. The molecular weight excluding hydrogens is 606 g/mol. The van der Waals surface area contributed by atoms with Gasteiger partial charge in [0.1, 0.15) is 6.04 Å². The van der Waals surface area contributed by atoms with E-state index in [0.29, 0.717) is 45.0 Å². The molecule has 1 saturated heterocycles. The van der Waals surface area contributed by atoms with Gasteiger partial charge in [-0.3, -0.25) is 19.4 Å². The van der Waals surface area contributed by atoms with E-state index in [1.165, 1.54) is 0 Å². The van der Waals surface area contributed by atoms with Crippen molar-refractivity contribution in [1.29, 1.82) is 0 Å². The monoisotopic (exact) mass is 655 g/mol. The number of nitrogens with zero attached hydrogens (tertiary/aromatic N) is 3. The van der Waals surface area contributed by atoms with Gasteiger partial charge in [-0.2, -0.15) is 0 Å². The Labute approximate surface area is 283 Å². The lowest BCUT2D eigenvalue weighted by atomic mass is 9.91. The fourth-order valence-electron chi connectivity index (χ4n) is 7.27. The molecule has 3 heterocycles. The Bertz CT molecular complexity index is 1580. The molecular formula is C38H49N5O5. The average Bonchev–Trinajstić information content (AvgIpc) is 3.64. The molecule has 1 aromatic heterocycles. The number of hydrogen-bond donors (Lipinski definition) is 4. The van der Waals surface area contributed by atoms with Gasteiger partial charge in [0.15, 0.2) is 0 Å². The molecule has 0 radical (unpaired) electrons. The van der Waals surface area contributed by atoms with E-state index in [2.05, 4.69) is 31.5 Å². The van der Waals surface area contributed by atoms with E-state index in [9.17, 15) is 19.8 Å². The minimum atomic E-state index is -0.845. The molecule has 3 aliphatic rings. The summed E-state index contributed by atoms with van der Waals surface area (Å²) in [5.74, 6) is -0.0866. The maximum absolute atomic E-state index is 13.9. The van der Waals surface area contributed by atoms with Crippen LogP contribution in [0, 0.1) is 5.92 Å². The van der Waals surface area contributed by atoms with Gasteiger partial charge >= 0.3 is 0 Å². The third-order valence-corrected chi connectivity index (χ3v) is 9.57. The van der Waals surface area contributed by atoms with E-state index in [4.69, 9.17) is 4.74 Å². The number of amides is 2. The second-order valence-corrected chi connectivity index (χ2v) is 14.6. The summed E-state index contributed by atoms with van der Waals surface area (Å²) in [5.41, 5.74) is 4.78. The Hall–Kier alpha value is -3.83. The van der Waals surface area contributed by atoms with Gasteiger partial charge in [0, 0.05) is 68.8 Å². The van der Waals surface area contributed by atoms with E-state index in [-0.39, 0.29) is 24.8 Å². The summed E-state index contributed by atoms with van der Waals surface area (Å²) in [4.78, 5) is 36.4. The van der Waals surface area contributed by atoms with Gasteiger partial charge in [0.2, 0.25) is 17.7 Å². The van der Waals surface area contributed by atoms with Crippen LogP contribution in [0.1, 0.15) is 61.1 Å². The van der Waals surface area contributed by atoms with Gasteiger partial charge in [-0.1, -0.05) is 54.6 Å². The molecule has 2 amide bonds. The average molecular weight is 656 g/mol. The van der Waals surface area contributed by atoms with Gasteiger partial charge in [-0.05, 0) is 61.9 Å². The largest absolute Gasteiger partial charge is 0.477 e. The Morgan fingerprint density at radius 3 is 2.60 bits per heavy atom. The number of fused-ring (bicyclic) bond motifs is 2. The van der Waals surface area contributed by atoms with Crippen molar-refractivity contribution in [3.05, 3.63) is 94.7 Å². The van der Waals surface area contributed by atoms with Crippen LogP contribution in [0.15, 0.2) is 66.9 Å².